The summed E-state index contributed by atoms with van der Waals surface area (Å²) in [4.78, 5) is 2.61. The van der Waals surface area contributed by atoms with Gasteiger partial charge in [-0.05, 0) is 56.2 Å². The van der Waals surface area contributed by atoms with E-state index in [-0.39, 0.29) is 0 Å². The highest BCUT2D eigenvalue weighted by atomic mass is 15.2. The number of aryl methyl sites for hydroxylation is 2. The quantitative estimate of drug-likeness (QED) is 0.886. The second-order valence-electron chi connectivity index (χ2n) is 7.28. The van der Waals surface area contributed by atoms with Crippen LogP contribution in [0.1, 0.15) is 44.2 Å². The zero-order valence-corrected chi connectivity index (χ0v) is 13.2. The summed E-state index contributed by atoms with van der Waals surface area (Å²) in [6, 6.07) is 7.58. The lowest BCUT2D eigenvalue weighted by molar-refractivity contribution is 0.182. The summed E-state index contributed by atoms with van der Waals surface area (Å²) < 4.78 is 0. The molecule has 1 aromatic carbocycles. The Kier molecular flexibility index (Phi) is 3.76. The van der Waals surface area contributed by atoms with Gasteiger partial charge < -0.3 is 10.2 Å². The van der Waals surface area contributed by atoms with E-state index in [1.54, 1.807) is 5.56 Å². The first-order valence-corrected chi connectivity index (χ1v) is 8.14. The van der Waals surface area contributed by atoms with Crippen LogP contribution in [0.4, 0.5) is 5.69 Å². The predicted octanol–water partition coefficient (Wildman–Crippen LogP) is 3.53. The molecule has 1 saturated heterocycles. The van der Waals surface area contributed by atoms with E-state index < -0.39 is 0 Å². The monoisotopic (exact) mass is 272 g/mol. The molecular formula is C18H28N2. The highest BCUT2D eigenvalue weighted by molar-refractivity contribution is 5.56. The standard InChI is InChI=1S/C18H28N2/c1-14-7-8-16-15(12-14)6-4-11-20(16)13-17-18(2,3)9-5-10-19-17/h7-8,12,17,19H,4-6,9-11,13H2,1-3H3. The molecule has 0 bridgehead atoms. The number of piperidine rings is 1. The molecule has 1 unspecified atom stereocenters. The molecule has 2 aliphatic rings. The second kappa shape index (κ2) is 5.40. The summed E-state index contributed by atoms with van der Waals surface area (Å²) in [5.74, 6) is 0. The van der Waals surface area contributed by atoms with Gasteiger partial charge in [-0.25, -0.2) is 0 Å². The maximum atomic E-state index is 3.76. The molecule has 0 aromatic heterocycles. The minimum Gasteiger partial charge on any atom is -0.370 e. The Balaban J connectivity index is 1.79. The Morgan fingerprint density at radius 3 is 2.95 bits per heavy atom. The molecule has 3 rings (SSSR count). The number of anilines is 1. The molecule has 2 heterocycles. The van der Waals surface area contributed by atoms with Gasteiger partial charge in [-0.15, -0.1) is 0 Å². The van der Waals surface area contributed by atoms with Gasteiger partial charge in [-0.1, -0.05) is 31.5 Å². The topological polar surface area (TPSA) is 15.3 Å². The van der Waals surface area contributed by atoms with E-state index in [1.165, 1.54) is 50.0 Å². The van der Waals surface area contributed by atoms with Crippen molar-refractivity contribution >= 4 is 5.69 Å². The number of hydrogen-bond acceptors (Lipinski definition) is 2. The van der Waals surface area contributed by atoms with Crippen molar-refractivity contribution < 1.29 is 0 Å². The molecule has 1 N–H and O–H groups in total. The lowest BCUT2D eigenvalue weighted by Crippen LogP contribution is -2.53. The summed E-state index contributed by atoms with van der Waals surface area (Å²) in [7, 11) is 0. The number of rotatable bonds is 2. The van der Waals surface area contributed by atoms with Crippen LogP contribution in [0.3, 0.4) is 0 Å². The molecule has 1 atom stereocenters. The first kappa shape index (κ1) is 13.9. The molecule has 0 saturated carbocycles. The zero-order chi connectivity index (χ0) is 14.2. The Morgan fingerprint density at radius 1 is 1.30 bits per heavy atom. The zero-order valence-electron chi connectivity index (χ0n) is 13.2. The Labute approximate surface area is 123 Å². The molecule has 110 valence electrons. The summed E-state index contributed by atoms with van der Waals surface area (Å²) >= 11 is 0. The van der Waals surface area contributed by atoms with Crippen LogP contribution in [-0.2, 0) is 6.42 Å². The van der Waals surface area contributed by atoms with Gasteiger partial charge in [0.05, 0.1) is 0 Å². The molecule has 0 aliphatic carbocycles. The predicted molar refractivity (Wildman–Crippen MR) is 86.5 cm³/mol. The van der Waals surface area contributed by atoms with Crippen LogP contribution in [0, 0.1) is 12.3 Å². The van der Waals surface area contributed by atoms with Gasteiger partial charge in [-0.3, -0.25) is 0 Å². The maximum Gasteiger partial charge on any atom is 0.0399 e. The van der Waals surface area contributed by atoms with Crippen molar-refractivity contribution in [2.75, 3.05) is 24.5 Å². The number of benzene rings is 1. The van der Waals surface area contributed by atoms with E-state index in [0.717, 1.165) is 6.54 Å². The van der Waals surface area contributed by atoms with Crippen LogP contribution in [0.25, 0.3) is 0 Å². The van der Waals surface area contributed by atoms with Crippen LogP contribution >= 0.6 is 0 Å². The first-order valence-electron chi connectivity index (χ1n) is 8.14. The third kappa shape index (κ3) is 2.71. The van der Waals surface area contributed by atoms with E-state index in [0.29, 0.717) is 11.5 Å². The molecule has 2 aliphatic heterocycles. The van der Waals surface area contributed by atoms with Crippen LogP contribution in [0.5, 0.6) is 0 Å². The van der Waals surface area contributed by atoms with Crippen molar-refractivity contribution in [1.82, 2.24) is 5.32 Å². The molecule has 0 spiro atoms. The molecule has 1 aromatic rings. The van der Waals surface area contributed by atoms with E-state index in [2.05, 4.69) is 49.2 Å². The minimum atomic E-state index is 0.417. The maximum absolute atomic E-state index is 3.76. The lowest BCUT2D eigenvalue weighted by Gasteiger charge is -2.43. The Hall–Kier alpha value is -1.02. The van der Waals surface area contributed by atoms with Crippen molar-refractivity contribution in [1.29, 1.82) is 0 Å². The van der Waals surface area contributed by atoms with Crippen LogP contribution in [0.15, 0.2) is 18.2 Å². The van der Waals surface area contributed by atoms with Crippen molar-refractivity contribution in [3.63, 3.8) is 0 Å². The van der Waals surface area contributed by atoms with Gasteiger partial charge in [0, 0.05) is 24.8 Å². The van der Waals surface area contributed by atoms with Crippen molar-refractivity contribution in [3.8, 4) is 0 Å². The number of nitrogens with one attached hydrogen (secondary N) is 1. The fraction of sp³-hybridized carbons (Fsp3) is 0.667. The average molecular weight is 272 g/mol. The average Bonchev–Trinajstić information content (AvgIpc) is 2.41. The van der Waals surface area contributed by atoms with E-state index in [9.17, 15) is 0 Å². The van der Waals surface area contributed by atoms with Gasteiger partial charge in [-0.2, -0.15) is 0 Å². The van der Waals surface area contributed by atoms with E-state index in [4.69, 9.17) is 0 Å². The Bertz CT molecular complexity index is 478. The molecule has 0 radical (unpaired) electrons. The fourth-order valence-electron chi connectivity index (χ4n) is 3.80. The van der Waals surface area contributed by atoms with Gasteiger partial charge in [0.25, 0.3) is 0 Å². The lowest BCUT2D eigenvalue weighted by atomic mass is 9.77. The molecule has 1 fully saturated rings. The van der Waals surface area contributed by atoms with Crippen molar-refractivity contribution in [2.45, 2.75) is 52.5 Å². The highest BCUT2D eigenvalue weighted by Crippen LogP contribution is 2.33. The summed E-state index contributed by atoms with van der Waals surface area (Å²) in [5.41, 5.74) is 4.83. The van der Waals surface area contributed by atoms with Crippen LogP contribution < -0.4 is 10.2 Å². The van der Waals surface area contributed by atoms with E-state index in [1.807, 2.05) is 0 Å². The fourth-order valence-corrected chi connectivity index (χ4v) is 3.80. The van der Waals surface area contributed by atoms with Crippen molar-refractivity contribution in [2.24, 2.45) is 5.41 Å². The molecule has 2 heteroatoms. The molecular weight excluding hydrogens is 244 g/mol. The van der Waals surface area contributed by atoms with Gasteiger partial charge in [0.15, 0.2) is 0 Å². The molecule has 20 heavy (non-hydrogen) atoms. The second-order valence-corrected chi connectivity index (χ2v) is 7.28. The SMILES string of the molecule is Cc1ccc2c(c1)CCCN2CC1NCCCC1(C)C. The highest BCUT2D eigenvalue weighted by Gasteiger charge is 2.33. The summed E-state index contributed by atoms with van der Waals surface area (Å²) in [6.45, 7) is 10.6. The largest absolute Gasteiger partial charge is 0.370 e. The van der Waals surface area contributed by atoms with Crippen LogP contribution in [-0.4, -0.2) is 25.7 Å². The van der Waals surface area contributed by atoms with Gasteiger partial charge in [0.2, 0.25) is 0 Å². The smallest absolute Gasteiger partial charge is 0.0399 e. The van der Waals surface area contributed by atoms with Gasteiger partial charge >= 0.3 is 0 Å². The third-order valence-corrected chi connectivity index (χ3v) is 5.18. The normalized spacial score (nSPS) is 25.4. The third-order valence-electron chi connectivity index (χ3n) is 5.18. The Morgan fingerprint density at radius 2 is 2.15 bits per heavy atom. The number of hydrogen-bond donors (Lipinski definition) is 1. The van der Waals surface area contributed by atoms with Crippen LogP contribution in [0.2, 0.25) is 0 Å². The summed E-state index contributed by atoms with van der Waals surface area (Å²) in [5, 5.41) is 3.76. The van der Waals surface area contributed by atoms with Crippen molar-refractivity contribution in [3.05, 3.63) is 29.3 Å². The number of nitrogens with zero attached hydrogens (tertiary/aromatic N) is 1. The van der Waals surface area contributed by atoms with E-state index >= 15 is 0 Å². The molecule has 2 nitrogen and oxygen atoms in total. The van der Waals surface area contributed by atoms with Gasteiger partial charge in [0.1, 0.15) is 0 Å². The molecule has 0 amide bonds. The number of fused-ring (bicyclic) bond motifs is 1. The minimum absolute atomic E-state index is 0.417. The first-order chi connectivity index (χ1) is 9.56. The summed E-state index contributed by atoms with van der Waals surface area (Å²) in [6.07, 6.45) is 5.21.